The van der Waals surface area contributed by atoms with Gasteiger partial charge in [-0.05, 0) is 45.1 Å². The topological polar surface area (TPSA) is 38.1 Å². The molecule has 1 fully saturated rings. The number of aromatic nitrogens is 1. The summed E-state index contributed by atoms with van der Waals surface area (Å²) < 4.78 is 6.16. The molecule has 1 heterocycles. The molecule has 3 nitrogen and oxygen atoms in total. The van der Waals surface area contributed by atoms with E-state index in [1.54, 1.807) is 0 Å². The van der Waals surface area contributed by atoms with Crippen LogP contribution in [0.5, 0.6) is 0 Å². The predicted molar refractivity (Wildman–Crippen MR) is 82.8 cm³/mol. The Balaban J connectivity index is 2.13. The monoisotopic (exact) mass is 278 g/mol. The van der Waals surface area contributed by atoms with Crippen LogP contribution in [0.25, 0.3) is 0 Å². The van der Waals surface area contributed by atoms with Crippen LogP contribution in [-0.4, -0.2) is 11.5 Å². The highest BCUT2D eigenvalue weighted by Crippen LogP contribution is 2.46. The highest BCUT2D eigenvalue weighted by atomic mass is 16.4. The lowest BCUT2D eigenvalue weighted by molar-refractivity contribution is 0.269. The third-order valence-corrected chi connectivity index (χ3v) is 4.48. The van der Waals surface area contributed by atoms with E-state index in [-0.39, 0.29) is 11.5 Å². The molecule has 0 saturated heterocycles. The highest BCUT2D eigenvalue weighted by Gasteiger charge is 2.39. The average molecular weight is 278 g/mol. The van der Waals surface area contributed by atoms with Crippen molar-refractivity contribution in [3.8, 4) is 0 Å². The first-order valence-corrected chi connectivity index (χ1v) is 8.27. The minimum absolute atomic E-state index is 0.209. The van der Waals surface area contributed by atoms with Crippen LogP contribution in [0.4, 0.5) is 0 Å². The minimum Gasteiger partial charge on any atom is -0.443 e. The Morgan fingerprint density at radius 1 is 1.30 bits per heavy atom. The minimum atomic E-state index is 0.209. The molecule has 0 aliphatic heterocycles. The number of oxazole rings is 1. The van der Waals surface area contributed by atoms with Crippen LogP contribution in [0.15, 0.2) is 10.6 Å². The van der Waals surface area contributed by atoms with E-state index in [1.807, 2.05) is 6.20 Å². The summed E-state index contributed by atoms with van der Waals surface area (Å²) in [6.07, 6.45) is 9.52. The molecule has 2 rings (SSSR count). The first-order valence-electron chi connectivity index (χ1n) is 8.27. The molecule has 0 amide bonds. The second kappa shape index (κ2) is 6.75. The summed E-state index contributed by atoms with van der Waals surface area (Å²) >= 11 is 0. The summed E-state index contributed by atoms with van der Waals surface area (Å²) in [5, 5.41) is 3.45. The molecule has 1 unspecified atom stereocenters. The van der Waals surface area contributed by atoms with Crippen molar-refractivity contribution in [1.82, 2.24) is 10.3 Å². The van der Waals surface area contributed by atoms with Gasteiger partial charge in [-0.25, -0.2) is 4.98 Å². The Hall–Kier alpha value is -0.830. The Labute approximate surface area is 123 Å². The van der Waals surface area contributed by atoms with Crippen LogP contribution in [0.2, 0.25) is 0 Å². The summed E-state index contributed by atoms with van der Waals surface area (Å²) in [5.41, 5.74) is 0.254. The van der Waals surface area contributed by atoms with Gasteiger partial charge in [0.05, 0.1) is 12.2 Å². The van der Waals surface area contributed by atoms with Gasteiger partial charge in [0.25, 0.3) is 0 Å². The van der Waals surface area contributed by atoms with Gasteiger partial charge in [-0.15, -0.1) is 0 Å². The van der Waals surface area contributed by atoms with E-state index < -0.39 is 0 Å². The maximum atomic E-state index is 6.16. The summed E-state index contributed by atoms with van der Waals surface area (Å²) in [7, 11) is 0. The normalized spacial score (nSPS) is 19.6. The van der Waals surface area contributed by atoms with Crippen molar-refractivity contribution < 1.29 is 4.42 Å². The van der Waals surface area contributed by atoms with Crippen LogP contribution >= 0.6 is 0 Å². The maximum absolute atomic E-state index is 6.16. The molecule has 1 saturated carbocycles. The molecular formula is C17H30N2O. The van der Waals surface area contributed by atoms with E-state index in [9.17, 15) is 0 Å². The molecule has 0 bridgehead atoms. The summed E-state index contributed by atoms with van der Waals surface area (Å²) in [5.74, 6) is 2.68. The van der Waals surface area contributed by atoms with Gasteiger partial charge in [-0.3, -0.25) is 0 Å². The van der Waals surface area contributed by atoms with Crippen molar-refractivity contribution in [2.24, 2.45) is 5.92 Å². The number of nitrogens with one attached hydrogen (secondary N) is 1. The van der Waals surface area contributed by atoms with Crippen molar-refractivity contribution in [1.29, 1.82) is 0 Å². The zero-order valence-electron chi connectivity index (χ0n) is 13.5. The van der Waals surface area contributed by atoms with Crippen molar-refractivity contribution in [2.45, 2.75) is 77.7 Å². The third kappa shape index (κ3) is 3.43. The Kier molecular flexibility index (Phi) is 5.25. The smallest absolute Gasteiger partial charge is 0.211 e. The molecule has 0 aromatic carbocycles. The van der Waals surface area contributed by atoms with Crippen molar-refractivity contribution in [3.63, 3.8) is 0 Å². The van der Waals surface area contributed by atoms with Gasteiger partial charge in [-0.2, -0.15) is 0 Å². The first kappa shape index (κ1) is 15.6. The molecule has 0 spiro atoms. The Bertz CT molecular complexity index is 405. The molecule has 0 radical (unpaired) electrons. The fourth-order valence-electron chi connectivity index (χ4n) is 3.57. The Morgan fingerprint density at radius 2 is 2.00 bits per heavy atom. The van der Waals surface area contributed by atoms with Crippen molar-refractivity contribution in [3.05, 3.63) is 17.8 Å². The van der Waals surface area contributed by atoms with Crippen molar-refractivity contribution >= 4 is 0 Å². The van der Waals surface area contributed by atoms with Gasteiger partial charge < -0.3 is 9.73 Å². The van der Waals surface area contributed by atoms with Gasteiger partial charge >= 0.3 is 0 Å². The van der Waals surface area contributed by atoms with E-state index in [2.05, 4.69) is 38.0 Å². The molecule has 1 aliphatic carbocycles. The van der Waals surface area contributed by atoms with Crippen LogP contribution in [0.1, 0.15) is 83.9 Å². The molecule has 114 valence electrons. The van der Waals surface area contributed by atoms with E-state index in [4.69, 9.17) is 4.42 Å². The molecule has 3 heteroatoms. The van der Waals surface area contributed by atoms with E-state index >= 15 is 0 Å². The molecule has 1 atom stereocenters. The standard InChI is InChI=1S/C17H30N2O/c1-5-10-18-14(4)16-19-12-15(20-16)17(11-13(2)3)8-6-7-9-17/h12-14,18H,5-11H2,1-4H3. The van der Waals surface area contributed by atoms with Gasteiger partial charge in [0, 0.05) is 5.41 Å². The zero-order valence-corrected chi connectivity index (χ0v) is 13.5. The van der Waals surface area contributed by atoms with E-state index in [0.717, 1.165) is 24.6 Å². The van der Waals surface area contributed by atoms with Crippen molar-refractivity contribution in [2.75, 3.05) is 6.54 Å². The van der Waals surface area contributed by atoms with Crippen LogP contribution in [0.3, 0.4) is 0 Å². The SMILES string of the molecule is CCCNC(C)c1ncc(C2(CC(C)C)CCCC2)o1. The van der Waals surface area contributed by atoms with Crippen LogP contribution < -0.4 is 5.32 Å². The first-order chi connectivity index (χ1) is 9.57. The van der Waals surface area contributed by atoms with Gasteiger partial charge in [0.15, 0.2) is 0 Å². The maximum Gasteiger partial charge on any atom is 0.211 e. The molecule has 1 N–H and O–H groups in total. The molecular weight excluding hydrogens is 248 g/mol. The number of hydrogen-bond donors (Lipinski definition) is 1. The summed E-state index contributed by atoms with van der Waals surface area (Å²) in [6.45, 7) is 9.94. The van der Waals surface area contributed by atoms with Crippen LogP contribution in [-0.2, 0) is 5.41 Å². The number of nitrogens with zero attached hydrogens (tertiary/aromatic N) is 1. The quantitative estimate of drug-likeness (QED) is 0.792. The number of hydrogen-bond acceptors (Lipinski definition) is 3. The second-order valence-corrected chi connectivity index (χ2v) is 6.82. The Morgan fingerprint density at radius 3 is 2.60 bits per heavy atom. The number of rotatable bonds is 7. The predicted octanol–water partition coefficient (Wildman–Crippen LogP) is 4.59. The lowest BCUT2D eigenvalue weighted by Gasteiger charge is -2.28. The molecule has 20 heavy (non-hydrogen) atoms. The fraction of sp³-hybridized carbons (Fsp3) is 0.824. The largest absolute Gasteiger partial charge is 0.443 e. The van der Waals surface area contributed by atoms with Gasteiger partial charge in [-0.1, -0.05) is 33.6 Å². The fourth-order valence-corrected chi connectivity index (χ4v) is 3.57. The van der Waals surface area contributed by atoms with Gasteiger partial charge in [0.1, 0.15) is 5.76 Å². The summed E-state index contributed by atoms with van der Waals surface area (Å²) in [6, 6.07) is 0.209. The van der Waals surface area contributed by atoms with E-state index in [0.29, 0.717) is 5.92 Å². The average Bonchev–Trinajstić information content (AvgIpc) is 3.04. The molecule has 1 aliphatic rings. The van der Waals surface area contributed by atoms with Gasteiger partial charge in [0.2, 0.25) is 5.89 Å². The van der Waals surface area contributed by atoms with Crippen LogP contribution in [0, 0.1) is 5.92 Å². The lowest BCUT2D eigenvalue weighted by atomic mass is 9.77. The lowest BCUT2D eigenvalue weighted by Crippen LogP contribution is -2.24. The molecule has 1 aromatic heterocycles. The second-order valence-electron chi connectivity index (χ2n) is 6.82. The zero-order chi connectivity index (χ0) is 14.6. The summed E-state index contributed by atoms with van der Waals surface area (Å²) in [4.78, 5) is 4.54. The highest BCUT2D eigenvalue weighted by molar-refractivity contribution is 5.14. The third-order valence-electron chi connectivity index (χ3n) is 4.48. The van der Waals surface area contributed by atoms with E-state index in [1.165, 1.54) is 32.1 Å². The molecule has 1 aromatic rings.